The number of nitrogens with two attached hydrogens (primary N) is 1. The summed E-state index contributed by atoms with van der Waals surface area (Å²) in [5.74, 6) is 1.19. The molecule has 0 aliphatic heterocycles. The molecule has 1 aliphatic rings. The minimum absolute atomic E-state index is 0.152. The quantitative estimate of drug-likeness (QED) is 0.497. The Balaban J connectivity index is 2.00. The van der Waals surface area contributed by atoms with Crippen molar-refractivity contribution < 1.29 is 5.11 Å². The Labute approximate surface area is 126 Å². The van der Waals surface area contributed by atoms with E-state index < -0.39 is 0 Å². The molecular formula is C14H17N5OS. The van der Waals surface area contributed by atoms with Gasteiger partial charge in [-0.25, -0.2) is 9.97 Å². The van der Waals surface area contributed by atoms with Crippen molar-refractivity contribution in [3.05, 3.63) is 31.1 Å². The number of imidazole rings is 1. The molecule has 2 atom stereocenters. The van der Waals surface area contributed by atoms with Gasteiger partial charge in [-0.15, -0.1) is 6.58 Å². The molecule has 7 heteroatoms. The molecule has 6 nitrogen and oxygen atoms in total. The number of fused-ring (bicyclic) bond motifs is 1. The first-order chi connectivity index (χ1) is 10.2. The number of nitrogens with zero attached hydrogens (tertiary/aromatic N) is 4. The van der Waals surface area contributed by atoms with Gasteiger partial charge in [0.15, 0.2) is 5.65 Å². The second-order valence-electron chi connectivity index (χ2n) is 4.94. The number of hydrogen-bond donors (Lipinski definition) is 2. The third kappa shape index (κ3) is 2.66. The first-order valence-corrected chi connectivity index (χ1v) is 7.74. The molecule has 0 saturated carbocycles. The molecule has 1 aliphatic carbocycles. The molecule has 0 amide bonds. The van der Waals surface area contributed by atoms with Crippen LogP contribution >= 0.6 is 11.8 Å². The van der Waals surface area contributed by atoms with Crippen molar-refractivity contribution in [3.63, 3.8) is 0 Å². The molecule has 0 radical (unpaired) electrons. The van der Waals surface area contributed by atoms with E-state index in [0.29, 0.717) is 0 Å². The number of allylic oxidation sites excluding steroid dienone is 1. The lowest BCUT2D eigenvalue weighted by atomic mass is 10.1. The highest BCUT2D eigenvalue weighted by atomic mass is 32.2. The Morgan fingerprint density at radius 2 is 2.33 bits per heavy atom. The Kier molecular flexibility index (Phi) is 3.94. The molecular weight excluding hydrogens is 286 g/mol. The molecule has 21 heavy (non-hydrogen) atoms. The van der Waals surface area contributed by atoms with Crippen molar-refractivity contribution in [2.24, 2.45) is 5.92 Å². The van der Waals surface area contributed by atoms with Gasteiger partial charge in [-0.3, -0.25) is 0 Å². The highest BCUT2D eigenvalue weighted by Gasteiger charge is 2.23. The monoisotopic (exact) mass is 303 g/mol. The van der Waals surface area contributed by atoms with E-state index in [1.165, 1.54) is 0 Å². The number of nitrogen functional groups attached to an aromatic ring is 1. The molecule has 3 rings (SSSR count). The zero-order chi connectivity index (χ0) is 14.8. The molecule has 2 aromatic rings. The summed E-state index contributed by atoms with van der Waals surface area (Å²) in [7, 11) is 0. The van der Waals surface area contributed by atoms with Gasteiger partial charge in [0.05, 0.1) is 12.4 Å². The van der Waals surface area contributed by atoms with Crippen LogP contribution in [0, 0.1) is 5.92 Å². The maximum Gasteiger partial charge on any atom is 0.223 e. The molecule has 0 spiro atoms. The highest BCUT2D eigenvalue weighted by molar-refractivity contribution is 7.99. The maximum absolute atomic E-state index is 9.25. The summed E-state index contributed by atoms with van der Waals surface area (Å²) in [6, 6.07) is 0.152. The summed E-state index contributed by atoms with van der Waals surface area (Å²) < 4.78 is 2.00. The van der Waals surface area contributed by atoms with Gasteiger partial charge >= 0.3 is 0 Å². The number of aliphatic hydroxyl groups is 1. The van der Waals surface area contributed by atoms with Gasteiger partial charge < -0.3 is 15.4 Å². The lowest BCUT2D eigenvalue weighted by molar-refractivity contribution is 0.244. The number of rotatable bonds is 5. The molecule has 0 saturated heterocycles. The third-order valence-electron chi connectivity index (χ3n) is 3.49. The summed E-state index contributed by atoms with van der Waals surface area (Å²) in [6.07, 6.45) is 8.55. The van der Waals surface area contributed by atoms with E-state index in [9.17, 15) is 5.11 Å². The summed E-state index contributed by atoms with van der Waals surface area (Å²) in [6.45, 7) is 3.87. The van der Waals surface area contributed by atoms with Gasteiger partial charge in [0.2, 0.25) is 5.95 Å². The van der Waals surface area contributed by atoms with Crippen LogP contribution in [0.25, 0.3) is 11.2 Å². The van der Waals surface area contributed by atoms with Gasteiger partial charge in [0.25, 0.3) is 0 Å². The Hall–Kier alpha value is -1.86. The lowest BCUT2D eigenvalue weighted by Gasteiger charge is -2.12. The average Bonchev–Trinajstić information content (AvgIpc) is 3.10. The zero-order valence-electron chi connectivity index (χ0n) is 11.5. The van der Waals surface area contributed by atoms with Crippen LogP contribution in [-0.2, 0) is 0 Å². The topological polar surface area (TPSA) is 89.9 Å². The first-order valence-electron chi connectivity index (χ1n) is 6.76. The smallest absolute Gasteiger partial charge is 0.223 e. The van der Waals surface area contributed by atoms with E-state index in [2.05, 4.69) is 27.6 Å². The minimum atomic E-state index is 0.152. The molecule has 2 heterocycles. The fourth-order valence-corrected chi connectivity index (χ4v) is 3.20. The number of thioether (sulfide) groups is 1. The van der Waals surface area contributed by atoms with Crippen molar-refractivity contribution in [2.75, 3.05) is 18.1 Å². The van der Waals surface area contributed by atoms with Gasteiger partial charge in [-0.05, 0) is 6.42 Å². The Morgan fingerprint density at radius 1 is 1.48 bits per heavy atom. The average molecular weight is 303 g/mol. The van der Waals surface area contributed by atoms with Crippen LogP contribution in [0.15, 0.2) is 36.2 Å². The van der Waals surface area contributed by atoms with Crippen LogP contribution in [0.1, 0.15) is 12.5 Å². The number of anilines is 1. The summed E-state index contributed by atoms with van der Waals surface area (Å²) in [5, 5.41) is 10.0. The SMILES string of the molecule is C=CCSc1nc(N)nc2c1ncn2[C@H]1C=C[C@@H](CO)C1. The zero-order valence-corrected chi connectivity index (χ0v) is 12.3. The number of aliphatic hydroxyl groups excluding tert-OH is 1. The van der Waals surface area contributed by atoms with Crippen LogP contribution < -0.4 is 5.73 Å². The maximum atomic E-state index is 9.25. The Morgan fingerprint density at radius 3 is 3.05 bits per heavy atom. The number of aromatic nitrogens is 4. The summed E-state index contributed by atoms with van der Waals surface area (Å²) in [5.41, 5.74) is 7.32. The van der Waals surface area contributed by atoms with E-state index in [0.717, 1.165) is 28.4 Å². The largest absolute Gasteiger partial charge is 0.396 e. The first kappa shape index (κ1) is 14.1. The van der Waals surface area contributed by atoms with Crippen LogP contribution in [0.3, 0.4) is 0 Å². The van der Waals surface area contributed by atoms with Gasteiger partial charge in [-0.1, -0.05) is 30.0 Å². The minimum Gasteiger partial charge on any atom is -0.396 e. The summed E-state index contributed by atoms with van der Waals surface area (Å²) >= 11 is 1.54. The van der Waals surface area contributed by atoms with Gasteiger partial charge in [0, 0.05) is 18.3 Å². The van der Waals surface area contributed by atoms with Crippen molar-refractivity contribution in [1.82, 2.24) is 19.5 Å². The Bertz CT molecular complexity index is 696. The van der Waals surface area contributed by atoms with E-state index >= 15 is 0 Å². The van der Waals surface area contributed by atoms with Crippen molar-refractivity contribution >= 4 is 28.9 Å². The second kappa shape index (κ2) is 5.87. The number of hydrogen-bond acceptors (Lipinski definition) is 6. The van der Waals surface area contributed by atoms with E-state index in [4.69, 9.17) is 5.73 Å². The van der Waals surface area contributed by atoms with E-state index in [1.54, 1.807) is 18.1 Å². The summed E-state index contributed by atoms with van der Waals surface area (Å²) in [4.78, 5) is 13.0. The fraction of sp³-hybridized carbons (Fsp3) is 0.357. The molecule has 110 valence electrons. The normalized spacial score (nSPS) is 21.2. The third-order valence-corrected chi connectivity index (χ3v) is 4.45. The highest BCUT2D eigenvalue weighted by Crippen LogP contribution is 2.32. The van der Waals surface area contributed by atoms with Crippen LogP contribution in [-0.4, -0.2) is 37.0 Å². The predicted molar refractivity (Wildman–Crippen MR) is 84.0 cm³/mol. The lowest BCUT2D eigenvalue weighted by Crippen LogP contribution is -2.08. The molecule has 0 bridgehead atoms. The van der Waals surface area contributed by atoms with Crippen molar-refractivity contribution in [2.45, 2.75) is 17.5 Å². The predicted octanol–water partition coefficient (Wildman–Crippen LogP) is 1.80. The van der Waals surface area contributed by atoms with E-state index in [1.807, 2.05) is 16.7 Å². The van der Waals surface area contributed by atoms with Crippen LogP contribution in [0.2, 0.25) is 0 Å². The van der Waals surface area contributed by atoms with Gasteiger partial charge in [0.1, 0.15) is 10.5 Å². The van der Waals surface area contributed by atoms with Crippen molar-refractivity contribution in [3.8, 4) is 0 Å². The van der Waals surface area contributed by atoms with Crippen LogP contribution in [0.4, 0.5) is 5.95 Å². The van der Waals surface area contributed by atoms with Crippen molar-refractivity contribution in [1.29, 1.82) is 0 Å². The second-order valence-corrected chi connectivity index (χ2v) is 5.95. The molecule has 0 aromatic carbocycles. The standard InChI is InChI=1S/C14H17N5OS/c1-2-5-21-13-11-12(17-14(15)18-13)19(8-16-11)10-4-3-9(6-10)7-20/h2-4,8-10,20H,1,5-7H2,(H2,15,17,18)/t9-,10+/m1/s1. The molecule has 3 N–H and O–H groups in total. The fourth-order valence-electron chi connectivity index (χ4n) is 2.48. The molecule has 2 aromatic heterocycles. The molecule has 0 fully saturated rings. The van der Waals surface area contributed by atoms with Crippen LogP contribution in [0.5, 0.6) is 0 Å². The van der Waals surface area contributed by atoms with E-state index in [-0.39, 0.29) is 24.5 Å². The molecule has 0 unspecified atom stereocenters. The van der Waals surface area contributed by atoms with Gasteiger partial charge in [-0.2, -0.15) is 4.98 Å².